The van der Waals surface area contributed by atoms with E-state index in [9.17, 15) is 5.11 Å². The SMILES string of the molecule is CCOC1CC(O)C12CCN(Cc1cc(Cl)ccc1OC)CC2. The van der Waals surface area contributed by atoms with E-state index in [1.54, 1.807) is 7.11 Å². The summed E-state index contributed by atoms with van der Waals surface area (Å²) in [6, 6.07) is 5.75. The van der Waals surface area contributed by atoms with Crippen molar-refractivity contribution in [1.82, 2.24) is 4.90 Å². The summed E-state index contributed by atoms with van der Waals surface area (Å²) >= 11 is 6.12. The number of aliphatic hydroxyl groups is 1. The Balaban J connectivity index is 1.62. The normalized spacial score (nSPS) is 27.0. The number of aliphatic hydroxyl groups excluding tert-OH is 1. The summed E-state index contributed by atoms with van der Waals surface area (Å²) in [5, 5.41) is 11.0. The van der Waals surface area contributed by atoms with Gasteiger partial charge in [0, 0.05) is 35.6 Å². The summed E-state index contributed by atoms with van der Waals surface area (Å²) in [4.78, 5) is 2.41. The van der Waals surface area contributed by atoms with Crippen molar-refractivity contribution in [3.05, 3.63) is 28.8 Å². The number of hydrogen-bond donors (Lipinski definition) is 1. The second-order valence-corrected chi connectivity index (χ2v) is 7.10. The molecule has 0 radical (unpaired) electrons. The van der Waals surface area contributed by atoms with Crippen molar-refractivity contribution >= 4 is 11.6 Å². The summed E-state index contributed by atoms with van der Waals surface area (Å²) in [6.45, 7) is 5.52. The topological polar surface area (TPSA) is 41.9 Å². The molecule has 2 aliphatic rings. The maximum Gasteiger partial charge on any atom is 0.123 e. The van der Waals surface area contributed by atoms with Crippen LogP contribution in [0.5, 0.6) is 5.75 Å². The molecular formula is C18H26ClNO3. The van der Waals surface area contributed by atoms with Crippen molar-refractivity contribution in [2.75, 3.05) is 26.8 Å². The Kier molecular flexibility index (Phi) is 5.16. The predicted molar refractivity (Wildman–Crippen MR) is 91.0 cm³/mol. The van der Waals surface area contributed by atoms with E-state index in [4.69, 9.17) is 21.1 Å². The highest BCUT2D eigenvalue weighted by molar-refractivity contribution is 6.30. The first kappa shape index (κ1) is 17.0. The minimum Gasteiger partial charge on any atom is -0.496 e. The molecule has 1 saturated carbocycles. The number of benzene rings is 1. The fraction of sp³-hybridized carbons (Fsp3) is 0.667. The molecule has 1 saturated heterocycles. The molecule has 1 aromatic rings. The van der Waals surface area contributed by atoms with Gasteiger partial charge in [0.05, 0.1) is 19.3 Å². The first-order chi connectivity index (χ1) is 11.1. The van der Waals surface area contributed by atoms with Crippen LogP contribution in [0.15, 0.2) is 18.2 Å². The van der Waals surface area contributed by atoms with E-state index < -0.39 is 0 Å². The van der Waals surface area contributed by atoms with E-state index in [0.29, 0.717) is 0 Å². The van der Waals surface area contributed by atoms with Gasteiger partial charge in [0.25, 0.3) is 0 Å². The van der Waals surface area contributed by atoms with Crippen LogP contribution < -0.4 is 4.74 Å². The summed E-state index contributed by atoms with van der Waals surface area (Å²) in [5.41, 5.74) is 1.09. The zero-order valence-electron chi connectivity index (χ0n) is 13.9. The number of halogens is 1. The molecule has 1 N–H and O–H groups in total. The molecule has 1 spiro atoms. The average molecular weight is 340 g/mol. The van der Waals surface area contributed by atoms with Gasteiger partial charge < -0.3 is 14.6 Å². The van der Waals surface area contributed by atoms with Crippen molar-refractivity contribution in [1.29, 1.82) is 0 Å². The molecule has 1 aliphatic carbocycles. The number of methoxy groups -OCH3 is 1. The van der Waals surface area contributed by atoms with Crippen LogP contribution in [0.4, 0.5) is 0 Å². The van der Waals surface area contributed by atoms with Gasteiger partial charge in [-0.05, 0) is 51.1 Å². The molecule has 0 aromatic heterocycles. The first-order valence-corrected chi connectivity index (χ1v) is 8.81. The molecule has 2 atom stereocenters. The number of hydrogen-bond acceptors (Lipinski definition) is 4. The van der Waals surface area contributed by atoms with Crippen molar-refractivity contribution in [2.24, 2.45) is 5.41 Å². The lowest BCUT2D eigenvalue weighted by Gasteiger charge is -2.56. The van der Waals surface area contributed by atoms with Crippen molar-refractivity contribution in [3.63, 3.8) is 0 Å². The Morgan fingerprint density at radius 2 is 2.09 bits per heavy atom. The lowest BCUT2D eigenvalue weighted by molar-refractivity contribution is -0.209. The largest absolute Gasteiger partial charge is 0.496 e. The van der Waals surface area contributed by atoms with Gasteiger partial charge in [0.1, 0.15) is 5.75 Å². The van der Waals surface area contributed by atoms with E-state index in [0.717, 1.165) is 61.8 Å². The van der Waals surface area contributed by atoms with Crippen LogP contribution in [0.2, 0.25) is 5.02 Å². The van der Waals surface area contributed by atoms with Gasteiger partial charge in [0.2, 0.25) is 0 Å². The lowest BCUT2D eigenvalue weighted by Crippen LogP contribution is -2.62. The molecule has 1 heterocycles. The smallest absolute Gasteiger partial charge is 0.123 e. The first-order valence-electron chi connectivity index (χ1n) is 8.43. The van der Waals surface area contributed by atoms with Gasteiger partial charge >= 0.3 is 0 Å². The van der Waals surface area contributed by atoms with E-state index in [2.05, 4.69) is 4.90 Å². The number of piperidine rings is 1. The van der Waals surface area contributed by atoms with Gasteiger partial charge in [-0.15, -0.1) is 0 Å². The molecule has 0 bridgehead atoms. The fourth-order valence-electron chi connectivity index (χ4n) is 4.06. The molecule has 2 fully saturated rings. The van der Waals surface area contributed by atoms with E-state index in [1.807, 2.05) is 25.1 Å². The summed E-state index contributed by atoms with van der Waals surface area (Å²) in [5.74, 6) is 0.880. The molecule has 4 nitrogen and oxygen atoms in total. The van der Waals surface area contributed by atoms with Crippen LogP contribution in [-0.2, 0) is 11.3 Å². The zero-order valence-corrected chi connectivity index (χ0v) is 14.7. The molecule has 1 aromatic carbocycles. The van der Waals surface area contributed by atoms with E-state index in [1.165, 1.54) is 0 Å². The monoisotopic (exact) mass is 339 g/mol. The maximum absolute atomic E-state index is 10.3. The van der Waals surface area contributed by atoms with Crippen molar-refractivity contribution in [3.8, 4) is 5.75 Å². The highest BCUT2D eigenvalue weighted by atomic mass is 35.5. The highest BCUT2D eigenvalue weighted by Gasteiger charge is 2.55. The second kappa shape index (κ2) is 6.98. The average Bonchev–Trinajstić information content (AvgIpc) is 2.56. The van der Waals surface area contributed by atoms with E-state index >= 15 is 0 Å². The van der Waals surface area contributed by atoms with Crippen LogP contribution in [0.3, 0.4) is 0 Å². The molecule has 1 aliphatic heterocycles. The lowest BCUT2D eigenvalue weighted by atomic mass is 9.58. The Hall–Kier alpha value is -0.810. The predicted octanol–water partition coefficient (Wildman–Crippen LogP) is 3.10. The zero-order chi connectivity index (χ0) is 16.4. The van der Waals surface area contributed by atoms with Crippen LogP contribution in [0, 0.1) is 5.41 Å². The van der Waals surface area contributed by atoms with Gasteiger partial charge in [0.15, 0.2) is 0 Å². The highest BCUT2D eigenvalue weighted by Crippen LogP contribution is 2.51. The standard InChI is InChI=1S/C18H26ClNO3/c1-3-23-17-11-16(21)18(17)6-8-20(9-7-18)12-13-10-14(19)4-5-15(13)22-2/h4-5,10,16-17,21H,3,6-9,11-12H2,1-2H3. The molecule has 5 heteroatoms. The van der Waals surface area contributed by atoms with Crippen molar-refractivity contribution in [2.45, 2.75) is 44.9 Å². The van der Waals surface area contributed by atoms with Crippen LogP contribution in [-0.4, -0.2) is 49.0 Å². The van der Waals surface area contributed by atoms with Crippen molar-refractivity contribution < 1.29 is 14.6 Å². The van der Waals surface area contributed by atoms with Gasteiger partial charge in [-0.3, -0.25) is 4.90 Å². The molecule has 0 amide bonds. The molecular weight excluding hydrogens is 314 g/mol. The number of likely N-dealkylation sites (tertiary alicyclic amines) is 1. The summed E-state index contributed by atoms with van der Waals surface area (Å²) in [6.07, 6.45) is 2.78. The summed E-state index contributed by atoms with van der Waals surface area (Å²) < 4.78 is 11.3. The van der Waals surface area contributed by atoms with Crippen LogP contribution in [0.1, 0.15) is 31.7 Å². The Morgan fingerprint density at radius 3 is 2.70 bits per heavy atom. The van der Waals surface area contributed by atoms with E-state index in [-0.39, 0.29) is 17.6 Å². The molecule has 23 heavy (non-hydrogen) atoms. The van der Waals surface area contributed by atoms with Crippen LogP contribution >= 0.6 is 11.6 Å². The van der Waals surface area contributed by atoms with Gasteiger partial charge in [-0.2, -0.15) is 0 Å². The minimum atomic E-state index is -0.207. The summed E-state index contributed by atoms with van der Waals surface area (Å²) in [7, 11) is 1.69. The number of ether oxygens (including phenoxy) is 2. The molecule has 128 valence electrons. The Labute approximate surface area is 143 Å². The number of rotatable bonds is 5. The third-order valence-electron chi connectivity index (χ3n) is 5.53. The van der Waals surface area contributed by atoms with Gasteiger partial charge in [-0.1, -0.05) is 11.6 Å². The van der Waals surface area contributed by atoms with Gasteiger partial charge in [-0.25, -0.2) is 0 Å². The maximum atomic E-state index is 10.3. The fourth-order valence-corrected chi connectivity index (χ4v) is 4.25. The Morgan fingerprint density at radius 1 is 1.35 bits per heavy atom. The quantitative estimate of drug-likeness (QED) is 0.895. The molecule has 2 unspecified atom stereocenters. The van der Waals surface area contributed by atoms with Crippen LogP contribution in [0.25, 0.3) is 0 Å². The second-order valence-electron chi connectivity index (χ2n) is 6.66. The minimum absolute atomic E-state index is 0.0229. The number of nitrogens with zero attached hydrogens (tertiary/aromatic N) is 1. The third kappa shape index (κ3) is 3.22. The Bertz CT molecular complexity index is 541. The molecule has 3 rings (SSSR count). The third-order valence-corrected chi connectivity index (χ3v) is 5.77.